The van der Waals surface area contributed by atoms with E-state index < -0.39 is 0 Å². The van der Waals surface area contributed by atoms with Crippen molar-refractivity contribution < 1.29 is 9.90 Å². The molecular formula is C27H34O2. The van der Waals surface area contributed by atoms with Gasteiger partial charge in [0, 0.05) is 5.41 Å². The fraction of sp³-hybridized carbons (Fsp3) is 0.593. The highest BCUT2D eigenvalue weighted by molar-refractivity contribution is 6.05. The summed E-state index contributed by atoms with van der Waals surface area (Å²) in [7, 11) is 0. The first-order valence-electron chi connectivity index (χ1n) is 11.5. The maximum Gasteiger partial charge on any atom is 0.165 e. The van der Waals surface area contributed by atoms with E-state index in [2.05, 4.69) is 38.6 Å². The van der Waals surface area contributed by atoms with Crippen LogP contribution in [0, 0.1) is 34.5 Å². The Balaban J connectivity index is 1.49. The lowest BCUT2D eigenvalue weighted by atomic mass is 9.44. The number of carbonyl (C=O) groups excluding carboxylic acids is 1. The van der Waals surface area contributed by atoms with Gasteiger partial charge in [-0.2, -0.15) is 0 Å². The lowest BCUT2D eigenvalue weighted by molar-refractivity contribution is -0.135. The summed E-state index contributed by atoms with van der Waals surface area (Å²) < 4.78 is 0. The predicted octanol–water partition coefficient (Wildman–Crippen LogP) is 5.82. The molecular weight excluding hydrogens is 356 g/mol. The monoisotopic (exact) mass is 390 g/mol. The number of fused-ring (bicyclic) bond motifs is 5. The first-order chi connectivity index (χ1) is 13.8. The van der Waals surface area contributed by atoms with E-state index in [0.29, 0.717) is 29.5 Å². The third kappa shape index (κ3) is 2.82. The third-order valence-corrected chi connectivity index (χ3v) is 9.38. The Labute approximate surface area is 175 Å². The Bertz CT molecular complexity index is 868. The number of allylic oxidation sites excluding steroid dienone is 2. The van der Waals surface area contributed by atoms with E-state index in [0.717, 1.165) is 56.1 Å². The van der Waals surface area contributed by atoms with Gasteiger partial charge in [-0.3, -0.25) is 4.79 Å². The van der Waals surface area contributed by atoms with Crippen molar-refractivity contribution in [2.24, 2.45) is 34.5 Å². The van der Waals surface area contributed by atoms with Gasteiger partial charge in [0.1, 0.15) is 0 Å². The Morgan fingerprint density at radius 1 is 1.07 bits per heavy atom. The molecule has 4 aliphatic rings. The van der Waals surface area contributed by atoms with Crippen molar-refractivity contribution >= 4 is 11.9 Å². The van der Waals surface area contributed by atoms with Gasteiger partial charge in [0.2, 0.25) is 0 Å². The zero-order valence-electron chi connectivity index (χ0n) is 17.9. The number of hydrogen-bond acceptors (Lipinski definition) is 2. The van der Waals surface area contributed by atoms with Crippen LogP contribution in [0.2, 0.25) is 0 Å². The SMILES string of the molecule is C=C1C[C@H]2[C@@H](CC[C@@]3(C)C(=O)/C(=C/c4ccccc4)C[C@H]23)[C@]2(C)CC[C@H](O)C[C@@H]12. The van der Waals surface area contributed by atoms with Gasteiger partial charge < -0.3 is 5.11 Å². The summed E-state index contributed by atoms with van der Waals surface area (Å²) in [6.07, 6.45) is 9.01. The molecule has 0 unspecified atom stereocenters. The summed E-state index contributed by atoms with van der Waals surface area (Å²) in [6, 6.07) is 10.3. The highest BCUT2D eigenvalue weighted by Gasteiger charge is 2.61. The minimum atomic E-state index is -0.209. The quantitative estimate of drug-likeness (QED) is 0.485. The summed E-state index contributed by atoms with van der Waals surface area (Å²) in [5.74, 6) is 2.50. The van der Waals surface area contributed by atoms with E-state index >= 15 is 0 Å². The number of ketones is 1. The maximum atomic E-state index is 13.5. The zero-order chi connectivity index (χ0) is 20.4. The lowest BCUT2D eigenvalue weighted by Crippen LogP contribution is -2.54. The largest absolute Gasteiger partial charge is 0.393 e. The Hall–Kier alpha value is -1.67. The van der Waals surface area contributed by atoms with Crippen LogP contribution in [0.15, 0.2) is 48.1 Å². The normalized spacial score (nSPS) is 45.6. The topological polar surface area (TPSA) is 37.3 Å². The molecule has 2 heteroatoms. The van der Waals surface area contributed by atoms with Crippen LogP contribution in [-0.2, 0) is 4.79 Å². The van der Waals surface area contributed by atoms with Crippen LogP contribution < -0.4 is 0 Å². The molecule has 0 amide bonds. The Kier molecular flexibility index (Phi) is 4.44. The van der Waals surface area contributed by atoms with Crippen LogP contribution >= 0.6 is 0 Å². The van der Waals surface area contributed by atoms with Crippen LogP contribution in [0.5, 0.6) is 0 Å². The molecule has 154 valence electrons. The standard InChI is InChI=1S/C27H34O2/c1-17-13-21-22(26(2)11-9-20(28)16-23(17)26)10-12-27(3)24(21)15-19(25(27)29)14-18-7-5-4-6-8-18/h4-8,14,20-24,28H,1,9-13,15-16H2,2-3H3/b19-14+/t20-,21-,22+,23-,24+,26-,27+/m0/s1. The number of rotatable bonds is 1. The van der Waals surface area contributed by atoms with Gasteiger partial charge in [-0.25, -0.2) is 0 Å². The van der Waals surface area contributed by atoms with Crippen LogP contribution in [0.4, 0.5) is 0 Å². The molecule has 0 bridgehead atoms. The first-order valence-corrected chi connectivity index (χ1v) is 11.5. The summed E-state index contributed by atoms with van der Waals surface area (Å²) in [6.45, 7) is 9.21. The average molecular weight is 391 g/mol. The molecule has 0 saturated heterocycles. The van der Waals surface area contributed by atoms with Crippen molar-refractivity contribution in [1.82, 2.24) is 0 Å². The molecule has 1 N–H and O–H groups in total. The van der Waals surface area contributed by atoms with Crippen molar-refractivity contribution in [3.8, 4) is 0 Å². The number of hydrogen-bond donors (Lipinski definition) is 1. The molecule has 7 atom stereocenters. The molecule has 0 aromatic heterocycles. The van der Waals surface area contributed by atoms with Crippen LogP contribution in [0.25, 0.3) is 6.08 Å². The van der Waals surface area contributed by atoms with E-state index in [-0.39, 0.29) is 16.9 Å². The van der Waals surface area contributed by atoms with Crippen LogP contribution in [0.3, 0.4) is 0 Å². The molecule has 1 aromatic rings. The predicted molar refractivity (Wildman–Crippen MR) is 117 cm³/mol. The second-order valence-corrected chi connectivity index (χ2v) is 10.8. The van der Waals surface area contributed by atoms with Crippen molar-refractivity contribution in [2.75, 3.05) is 0 Å². The summed E-state index contributed by atoms with van der Waals surface area (Å²) in [5.41, 5.74) is 3.54. The lowest BCUT2D eigenvalue weighted by Gasteiger charge is -2.60. The molecule has 4 aliphatic carbocycles. The number of carbonyl (C=O) groups is 1. The maximum absolute atomic E-state index is 13.5. The molecule has 0 aliphatic heterocycles. The smallest absolute Gasteiger partial charge is 0.165 e. The zero-order valence-corrected chi connectivity index (χ0v) is 17.9. The number of aliphatic hydroxyl groups excluding tert-OH is 1. The minimum Gasteiger partial charge on any atom is -0.393 e. The Morgan fingerprint density at radius 3 is 2.59 bits per heavy atom. The number of benzene rings is 1. The van der Waals surface area contributed by atoms with Crippen LogP contribution in [0.1, 0.15) is 64.4 Å². The number of Topliss-reactive ketones (excluding diaryl/α,β-unsaturated/α-hetero) is 1. The first kappa shape index (κ1) is 19.3. The average Bonchev–Trinajstić information content (AvgIpc) is 2.95. The third-order valence-electron chi connectivity index (χ3n) is 9.38. The van der Waals surface area contributed by atoms with Gasteiger partial charge in [0.25, 0.3) is 0 Å². The van der Waals surface area contributed by atoms with E-state index in [1.807, 2.05) is 18.2 Å². The van der Waals surface area contributed by atoms with E-state index in [1.54, 1.807) is 0 Å². The molecule has 4 saturated carbocycles. The molecule has 1 aromatic carbocycles. The van der Waals surface area contributed by atoms with E-state index in [9.17, 15) is 9.90 Å². The molecule has 5 rings (SSSR count). The van der Waals surface area contributed by atoms with Gasteiger partial charge in [-0.1, -0.05) is 56.3 Å². The summed E-state index contributed by atoms with van der Waals surface area (Å²) in [5, 5.41) is 10.3. The summed E-state index contributed by atoms with van der Waals surface area (Å²) >= 11 is 0. The minimum absolute atomic E-state index is 0.163. The highest BCUT2D eigenvalue weighted by Crippen LogP contribution is 2.67. The van der Waals surface area contributed by atoms with Crippen LogP contribution in [-0.4, -0.2) is 17.0 Å². The van der Waals surface area contributed by atoms with Crippen molar-refractivity contribution in [3.05, 3.63) is 53.6 Å². The van der Waals surface area contributed by atoms with Gasteiger partial charge in [0.15, 0.2) is 5.78 Å². The molecule has 29 heavy (non-hydrogen) atoms. The second kappa shape index (κ2) is 6.67. The van der Waals surface area contributed by atoms with Gasteiger partial charge >= 0.3 is 0 Å². The van der Waals surface area contributed by atoms with Crippen molar-refractivity contribution in [1.29, 1.82) is 0 Å². The van der Waals surface area contributed by atoms with Crippen molar-refractivity contribution in [3.63, 3.8) is 0 Å². The van der Waals surface area contributed by atoms with E-state index in [4.69, 9.17) is 0 Å². The fourth-order valence-electron chi connectivity index (χ4n) is 7.77. The van der Waals surface area contributed by atoms with Gasteiger partial charge in [-0.15, -0.1) is 0 Å². The Morgan fingerprint density at radius 2 is 1.83 bits per heavy atom. The van der Waals surface area contributed by atoms with E-state index in [1.165, 1.54) is 5.57 Å². The number of aliphatic hydroxyl groups is 1. The molecule has 0 radical (unpaired) electrons. The molecule has 2 nitrogen and oxygen atoms in total. The second-order valence-electron chi connectivity index (χ2n) is 10.8. The van der Waals surface area contributed by atoms with Crippen molar-refractivity contribution in [2.45, 2.75) is 64.9 Å². The molecule has 0 heterocycles. The fourth-order valence-corrected chi connectivity index (χ4v) is 7.77. The summed E-state index contributed by atoms with van der Waals surface area (Å²) in [4.78, 5) is 13.5. The van der Waals surface area contributed by atoms with Gasteiger partial charge in [0.05, 0.1) is 6.10 Å². The highest BCUT2D eigenvalue weighted by atomic mass is 16.3. The molecule has 4 fully saturated rings. The van der Waals surface area contributed by atoms with Gasteiger partial charge in [-0.05, 0) is 91.2 Å². The molecule has 0 spiro atoms.